The zero-order chi connectivity index (χ0) is 20.2. The van der Waals surface area contributed by atoms with Crippen molar-refractivity contribution >= 4 is 17.0 Å². The van der Waals surface area contributed by atoms with Crippen LogP contribution in [0.1, 0.15) is 16.7 Å². The molecule has 3 aromatic rings. The van der Waals surface area contributed by atoms with Crippen LogP contribution in [-0.2, 0) is 6.54 Å². The van der Waals surface area contributed by atoms with Gasteiger partial charge in [-0.15, -0.1) is 0 Å². The number of hydrogen-bond acceptors (Lipinski definition) is 3. The number of phenols is 1. The molecule has 2 aromatic carbocycles. The number of quaternary nitrogens is 2. The summed E-state index contributed by atoms with van der Waals surface area (Å²) >= 11 is 0. The molecule has 0 unspecified atom stereocenters. The van der Waals surface area contributed by atoms with Gasteiger partial charge in [0.1, 0.15) is 44.1 Å². The summed E-state index contributed by atoms with van der Waals surface area (Å²) in [5.41, 5.74) is 3.13. The minimum Gasteiger partial charge on any atom is -0.508 e. The van der Waals surface area contributed by atoms with E-state index in [9.17, 15) is 9.90 Å². The third-order valence-electron chi connectivity index (χ3n) is 5.77. The van der Waals surface area contributed by atoms with Crippen molar-refractivity contribution in [3.63, 3.8) is 0 Å². The zero-order valence-electron chi connectivity index (χ0n) is 16.8. The highest BCUT2D eigenvalue weighted by molar-refractivity contribution is 5.82. The van der Waals surface area contributed by atoms with Crippen LogP contribution in [0.15, 0.2) is 63.8 Å². The van der Waals surface area contributed by atoms with Crippen LogP contribution in [0.25, 0.3) is 17.0 Å². The van der Waals surface area contributed by atoms with Crippen LogP contribution >= 0.6 is 0 Å². The largest absolute Gasteiger partial charge is 0.508 e. The summed E-state index contributed by atoms with van der Waals surface area (Å²) in [4.78, 5) is 15.0. The van der Waals surface area contributed by atoms with Crippen LogP contribution in [-0.4, -0.2) is 37.8 Å². The molecule has 1 fully saturated rings. The van der Waals surface area contributed by atoms with Gasteiger partial charge in [-0.05, 0) is 36.3 Å². The average molecular weight is 392 g/mol. The van der Waals surface area contributed by atoms with Crippen molar-refractivity contribution < 1.29 is 19.3 Å². The molecule has 1 aliphatic heterocycles. The van der Waals surface area contributed by atoms with Crippen LogP contribution < -0.4 is 15.4 Å². The third kappa shape index (κ3) is 4.75. The highest BCUT2D eigenvalue weighted by Gasteiger charge is 2.23. The number of phenolic OH excluding ortho intramolecular Hbond substituents is 1. The molecular formula is C24H28N2O3+2. The Morgan fingerprint density at radius 3 is 2.52 bits per heavy atom. The lowest BCUT2D eigenvalue weighted by molar-refractivity contribution is -1.02. The highest BCUT2D eigenvalue weighted by Crippen LogP contribution is 2.25. The van der Waals surface area contributed by atoms with E-state index in [1.165, 1.54) is 10.5 Å². The van der Waals surface area contributed by atoms with Crippen LogP contribution in [0.4, 0.5) is 0 Å². The van der Waals surface area contributed by atoms with Gasteiger partial charge in [-0.2, -0.15) is 0 Å². The minimum absolute atomic E-state index is 0.238. The molecule has 0 aliphatic carbocycles. The smallest absolute Gasteiger partial charge is 0.336 e. The van der Waals surface area contributed by atoms with E-state index in [1.54, 1.807) is 30.0 Å². The summed E-state index contributed by atoms with van der Waals surface area (Å²) in [5.74, 6) is 0.238. The van der Waals surface area contributed by atoms with Crippen molar-refractivity contribution in [2.75, 3.05) is 32.7 Å². The van der Waals surface area contributed by atoms with Gasteiger partial charge >= 0.3 is 5.63 Å². The van der Waals surface area contributed by atoms with Gasteiger partial charge in [0.15, 0.2) is 0 Å². The van der Waals surface area contributed by atoms with Crippen molar-refractivity contribution in [1.29, 1.82) is 0 Å². The molecule has 4 rings (SSSR count). The van der Waals surface area contributed by atoms with Gasteiger partial charge in [-0.1, -0.05) is 36.4 Å². The maximum Gasteiger partial charge on any atom is 0.336 e. The van der Waals surface area contributed by atoms with E-state index >= 15 is 0 Å². The molecule has 5 nitrogen and oxygen atoms in total. The average Bonchev–Trinajstić information content (AvgIpc) is 2.71. The van der Waals surface area contributed by atoms with Gasteiger partial charge in [-0.3, -0.25) is 0 Å². The number of hydrogen-bond donors (Lipinski definition) is 3. The summed E-state index contributed by atoms with van der Waals surface area (Å²) in [7, 11) is 0. The second kappa shape index (κ2) is 8.64. The Labute approximate surface area is 170 Å². The molecule has 1 aliphatic rings. The maximum absolute atomic E-state index is 12.0. The van der Waals surface area contributed by atoms with Crippen molar-refractivity contribution in [1.82, 2.24) is 0 Å². The van der Waals surface area contributed by atoms with Gasteiger partial charge in [0.05, 0.1) is 6.54 Å². The lowest BCUT2D eigenvalue weighted by Gasteiger charge is -2.29. The molecule has 0 bridgehead atoms. The number of aryl methyl sites for hydroxylation is 1. The van der Waals surface area contributed by atoms with Crippen molar-refractivity contribution in [2.24, 2.45) is 0 Å². The minimum atomic E-state index is -0.327. The first kappa shape index (κ1) is 19.4. The Hall–Kier alpha value is -2.89. The maximum atomic E-state index is 12.0. The molecule has 150 valence electrons. The monoisotopic (exact) mass is 392 g/mol. The SMILES string of the molecule is Cc1cc2oc(=O)cc(C[NH+]3CC[NH+](CC=Cc4ccccc4)CC3)c2cc1O. The van der Waals surface area contributed by atoms with E-state index in [-0.39, 0.29) is 11.4 Å². The number of piperazine rings is 1. The van der Waals surface area contributed by atoms with Gasteiger partial charge in [0.25, 0.3) is 0 Å². The summed E-state index contributed by atoms with van der Waals surface area (Å²) in [6.07, 6.45) is 4.45. The molecule has 0 spiro atoms. The highest BCUT2D eigenvalue weighted by atomic mass is 16.4. The first-order valence-corrected chi connectivity index (χ1v) is 10.2. The number of benzene rings is 2. The predicted octanol–water partition coefficient (Wildman–Crippen LogP) is 0.804. The van der Waals surface area contributed by atoms with Crippen molar-refractivity contribution in [2.45, 2.75) is 13.5 Å². The molecule has 2 heterocycles. The number of rotatable bonds is 5. The van der Waals surface area contributed by atoms with Crippen molar-refractivity contribution in [3.8, 4) is 5.75 Å². The van der Waals surface area contributed by atoms with Crippen LogP contribution in [0.3, 0.4) is 0 Å². The molecular weight excluding hydrogens is 364 g/mol. The molecule has 1 saturated heterocycles. The van der Waals surface area contributed by atoms with Gasteiger partial charge < -0.3 is 19.3 Å². The fourth-order valence-electron chi connectivity index (χ4n) is 4.04. The molecule has 1 aromatic heterocycles. The normalized spacial score (nSPS) is 19.8. The van der Waals surface area contributed by atoms with Gasteiger partial charge in [0, 0.05) is 17.0 Å². The van der Waals surface area contributed by atoms with E-state index < -0.39 is 0 Å². The number of nitrogens with one attached hydrogen (secondary N) is 2. The van der Waals surface area contributed by atoms with E-state index in [0.717, 1.165) is 50.2 Å². The molecule has 0 amide bonds. The van der Waals surface area contributed by atoms with Crippen LogP contribution in [0, 0.1) is 6.92 Å². The van der Waals surface area contributed by atoms with Crippen LogP contribution in [0.2, 0.25) is 0 Å². The van der Waals surface area contributed by atoms with Crippen molar-refractivity contribution in [3.05, 3.63) is 81.7 Å². The Balaban J connectivity index is 1.38. The van der Waals surface area contributed by atoms with E-state index in [2.05, 4.69) is 36.4 Å². The van der Waals surface area contributed by atoms with E-state index in [1.807, 2.05) is 6.07 Å². The summed E-state index contributed by atoms with van der Waals surface area (Å²) in [6, 6.07) is 15.4. The van der Waals surface area contributed by atoms with E-state index in [4.69, 9.17) is 4.42 Å². The predicted molar refractivity (Wildman–Crippen MR) is 114 cm³/mol. The molecule has 0 saturated carbocycles. The fraction of sp³-hybridized carbons (Fsp3) is 0.292. The molecule has 0 radical (unpaired) electrons. The lowest BCUT2D eigenvalue weighted by atomic mass is 10.1. The Morgan fingerprint density at radius 2 is 1.76 bits per heavy atom. The first-order valence-electron chi connectivity index (χ1n) is 10.2. The summed E-state index contributed by atoms with van der Waals surface area (Å²) in [5, 5.41) is 10.9. The molecule has 0 atom stereocenters. The Bertz CT molecular complexity index is 1060. The zero-order valence-corrected chi connectivity index (χ0v) is 16.8. The molecule has 5 heteroatoms. The lowest BCUT2D eigenvalue weighted by Crippen LogP contribution is -3.27. The Morgan fingerprint density at radius 1 is 1.03 bits per heavy atom. The summed E-state index contributed by atoms with van der Waals surface area (Å²) < 4.78 is 5.34. The third-order valence-corrected chi connectivity index (χ3v) is 5.77. The first-order chi connectivity index (χ1) is 14.1. The fourth-order valence-corrected chi connectivity index (χ4v) is 4.04. The molecule has 3 N–H and O–H groups in total. The Kier molecular flexibility index (Phi) is 5.79. The van der Waals surface area contributed by atoms with Gasteiger partial charge in [-0.25, -0.2) is 4.79 Å². The second-order valence-electron chi connectivity index (χ2n) is 7.92. The van der Waals surface area contributed by atoms with Crippen LogP contribution in [0.5, 0.6) is 5.75 Å². The van der Waals surface area contributed by atoms with E-state index in [0.29, 0.717) is 11.1 Å². The quantitative estimate of drug-likeness (QED) is 0.563. The topological polar surface area (TPSA) is 59.3 Å². The number of fused-ring (bicyclic) bond motifs is 1. The summed E-state index contributed by atoms with van der Waals surface area (Å²) in [6.45, 7) is 7.96. The standard InChI is InChI=1S/C24H26N2O3/c1-18-14-23-21(16-22(18)27)20(15-24(28)29-23)17-26-12-10-25(11-13-26)9-5-8-19-6-3-2-4-7-19/h2-8,14-16,27H,9-13,17H2,1H3/p+2. The van der Waals surface area contributed by atoms with Gasteiger partial charge in [0.2, 0.25) is 0 Å². The molecule has 29 heavy (non-hydrogen) atoms. The second-order valence-corrected chi connectivity index (χ2v) is 7.92. The number of aromatic hydroxyl groups is 1.